The van der Waals surface area contributed by atoms with Crippen molar-refractivity contribution in [3.8, 4) is 0 Å². The van der Waals surface area contributed by atoms with E-state index in [4.69, 9.17) is 5.73 Å². The Morgan fingerprint density at radius 3 is 2.80 bits per heavy atom. The van der Waals surface area contributed by atoms with Gasteiger partial charge in [0.05, 0.1) is 0 Å². The highest BCUT2D eigenvalue weighted by Crippen LogP contribution is 2.23. The van der Waals surface area contributed by atoms with E-state index in [0.717, 1.165) is 25.9 Å². The molecule has 2 rings (SSSR count). The minimum Gasteiger partial charge on any atom is -0.342 e. The SMILES string of the molecule is C[C@H](CC(=O)N1CCC[C@H]([C@@H](C)N)C1)c1ccncc1. The Morgan fingerprint density at radius 1 is 1.45 bits per heavy atom. The summed E-state index contributed by atoms with van der Waals surface area (Å²) in [5.74, 6) is 0.935. The molecule has 0 aromatic carbocycles. The molecule has 0 radical (unpaired) electrons. The van der Waals surface area contributed by atoms with Gasteiger partial charge >= 0.3 is 0 Å². The Morgan fingerprint density at radius 2 is 2.15 bits per heavy atom. The van der Waals surface area contributed by atoms with Crippen LogP contribution in [0.2, 0.25) is 0 Å². The van der Waals surface area contributed by atoms with Crippen molar-refractivity contribution in [1.82, 2.24) is 9.88 Å². The van der Waals surface area contributed by atoms with Gasteiger partial charge in [0.25, 0.3) is 0 Å². The van der Waals surface area contributed by atoms with Gasteiger partial charge in [0, 0.05) is 37.9 Å². The minimum atomic E-state index is 0.170. The van der Waals surface area contributed by atoms with Gasteiger partial charge < -0.3 is 10.6 Å². The molecule has 1 aliphatic rings. The van der Waals surface area contributed by atoms with Crippen LogP contribution in [0.3, 0.4) is 0 Å². The van der Waals surface area contributed by atoms with Gasteiger partial charge in [-0.05, 0) is 49.3 Å². The summed E-state index contributed by atoms with van der Waals surface area (Å²) in [5.41, 5.74) is 7.15. The molecule has 110 valence electrons. The molecule has 0 saturated carbocycles. The highest BCUT2D eigenvalue weighted by atomic mass is 16.2. The van der Waals surface area contributed by atoms with Crippen molar-refractivity contribution in [3.63, 3.8) is 0 Å². The van der Waals surface area contributed by atoms with E-state index in [1.807, 2.05) is 24.0 Å². The number of piperidine rings is 1. The quantitative estimate of drug-likeness (QED) is 0.916. The molecule has 4 nitrogen and oxygen atoms in total. The monoisotopic (exact) mass is 275 g/mol. The molecule has 0 spiro atoms. The number of likely N-dealkylation sites (tertiary alicyclic amines) is 1. The van der Waals surface area contributed by atoms with Gasteiger partial charge in [0.2, 0.25) is 5.91 Å². The van der Waals surface area contributed by atoms with Crippen LogP contribution in [0.15, 0.2) is 24.5 Å². The maximum Gasteiger partial charge on any atom is 0.223 e. The molecule has 1 saturated heterocycles. The number of amides is 1. The Bertz CT molecular complexity index is 433. The Kier molecular flexibility index (Phi) is 5.12. The predicted octanol–water partition coefficient (Wildman–Crippen LogP) is 2.16. The number of carbonyl (C=O) groups is 1. The molecule has 20 heavy (non-hydrogen) atoms. The molecule has 1 aromatic heterocycles. The third-order valence-corrected chi connectivity index (χ3v) is 4.31. The number of carbonyl (C=O) groups excluding carboxylic acids is 1. The molecular weight excluding hydrogens is 250 g/mol. The second kappa shape index (κ2) is 6.84. The van der Waals surface area contributed by atoms with E-state index < -0.39 is 0 Å². The zero-order valence-electron chi connectivity index (χ0n) is 12.5. The highest BCUT2D eigenvalue weighted by molar-refractivity contribution is 5.77. The summed E-state index contributed by atoms with van der Waals surface area (Å²) in [7, 11) is 0. The van der Waals surface area contributed by atoms with Gasteiger partial charge in [-0.3, -0.25) is 9.78 Å². The summed E-state index contributed by atoms with van der Waals surface area (Å²) >= 11 is 0. The number of hydrogen-bond donors (Lipinski definition) is 1. The van der Waals surface area contributed by atoms with E-state index in [1.165, 1.54) is 5.56 Å². The summed E-state index contributed by atoms with van der Waals surface area (Å²) in [6, 6.07) is 4.14. The Labute approximate surface area is 121 Å². The van der Waals surface area contributed by atoms with Crippen molar-refractivity contribution in [1.29, 1.82) is 0 Å². The van der Waals surface area contributed by atoms with Crippen LogP contribution in [0.25, 0.3) is 0 Å². The predicted molar refractivity (Wildman–Crippen MR) is 80.2 cm³/mol. The third kappa shape index (κ3) is 3.79. The smallest absolute Gasteiger partial charge is 0.223 e. The highest BCUT2D eigenvalue weighted by Gasteiger charge is 2.26. The minimum absolute atomic E-state index is 0.170. The number of pyridine rings is 1. The summed E-state index contributed by atoms with van der Waals surface area (Å²) < 4.78 is 0. The van der Waals surface area contributed by atoms with Crippen LogP contribution in [0, 0.1) is 5.92 Å². The van der Waals surface area contributed by atoms with Gasteiger partial charge in [-0.15, -0.1) is 0 Å². The average molecular weight is 275 g/mol. The molecular formula is C16H25N3O. The zero-order chi connectivity index (χ0) is 14.5. The molecule has 1 aliphatic heterocycles. The fourth-order valence-corrected chi connectivity index (χ4v) is 2.87. The molecule has 0 aliphatic carbocycles. The fraction of sp³-hybridized carbons (Fsp3) is 0.625. The maximum absolute atomic E-state index is 12.4. The van der Waals surface area contributed by atoms with Crippen LogP contribution in [0.1, 0.15) is 44.6 Å². The number of rotatable bonds is 4. The van der Waals surface area contributed by atoms with Crippen LogP contribution >= 0.6 is 0 Å². The van der Waals surface area contributed by atoms with Crippen LogP contribution in [0.5, 0.6) is 0 Å². The number of nitrogens with two attached hydrogens (primary N) is 1. The largest absolute Gasteiger partial charge is 0.342 e. The molecule has 1 aromatic rings. The summed E-state index contributed by atoms with van der Waals surface area (Å²) in [6.45, 7) is 5.84. The normalized spacial score (nSPS) is 22.4. The van der Waals surface area contributed by atoms with E-state index in [-0.39, 0.29) is 17.9 Å². The van der Waals surface area contributed by atoms with Crippen molar-refractivity contribution in [2.24, 2.45) is 11.7 Å². The molecule has 1 amide bonds. The Hall–Kier alpha value is -1.42. The standard InChI is InChI=1S/C16H25N3O/c1-12(14-5-7-18-8-6-14)10-16(20)19-9-3-4-15(11-19)13(2)17/h5-8,12-13,15H,3-4,9-11,17H2,1-2H3/t12-,13-,15+/m1/s1. The van der Waals surface area contributed by atoms with Gasteiger partial charge in [0.1, 0.15) is 0 Å². The molecule has 0 unspecified atom stereocenters. The van der Waals surface area contributed by atoms with Crippen molar-refractivity contribution >= 4 is 5.91 Å². The lowest BCUT2D eigenvalue weighted by Gasteiger charge is -2.35. The average Bonchev–Trinajstić information content (AvgIpc) is 2.48. The van der Waals surface area contributed by atoms with Crippen molar-refractivity contribution in [2.75, 3.05) is 13.1 Å². The van der Waals surface area contributed by atoms with Crippen molar-refractivity contribution in [3.05, 3.63) is 30.1 Å². The van der Waals surface area contributed by atoms with Crippen molar-refractivity contribution in [2.45, 2.75) is 45.1 Å². The first-order valence-corrected chi connectivity index (χ1v) is 7.51. The van der Waals surface area contributed by atoms with Crippen LogP contribution in [-0.4, -0.2) is 34.9 Å². The first kappa shape index (κ1) is 15.0. The molecule has 2 N–H and O–H groups in total. The molecule has 2 heterocycles. The number of aromatic nitrogens is 1. The van der Waals surface area contributed by atoms with Crippen molar-refractivity contribution < 1.29 is 4.79 Å². The number of nitrogens with zero attached hydrogens (tertiary/aromatic N) is 2. The van der Waals surface area contributed by atoms with Crippen LogP contribution < -0.4 is 5.73 Å². The molecule has 1 fully saturated rings. The molecule has 4 heteroatoms. The zero-order valence-corrected chi connectivity index (χ0v) is 12.5. The molecule has 3 atom stereocenters. The van der Waals surface area contributed by atoms with Gasteiger partial charge in [-0.1, -0.05) is 6.92 Å². The summed E-state index contributed by atoms with van der Waals surface area (Å²) in [6.07, 6.45) is 6.34. The van der Waals surface area contributed by atoms with Crippen LogP contribution in [0.4, 0.5) is 0 Å². The lowest BCUT2D eigenvalue weighted by Crippen LogP contribution is -2.45. The van der Waals surface area contributed by atoms with Crippen LogP contribution in [-0.2, 0) is 4.79 Å². The van der Waals surface area contributed by atoms with E-state index >= 15 is 0 Å². The fourth-order valence-electron chi connectivity index (χ4n) is 2.87. The van der Waals surface area contributed by atoms with Gasteiger partial charge in [0.15, 0.2) is 0 Å². The first-order valence-electron chi connectivity index (χ1n) is 7.51. The maximum atomic E-state index is 12.4. The summed E-state index contributed by atoms with van der Waals surface area (Å²) in [5, 5.41) is 0. The molecule has 0 bridgehead atoms. The topological polar surface area (TPSA) is 59.2 Å². The van der Waals surface area contributed by atoms with Gasteiger partial charge in [-0.2, -0.15) is 0 Å². The summed E-state index contributed by atoms with van der Waals surface area (Å²) in [4.78, 5) is 18.4. The lowest BCUT2D eigenvalue weighted by atomic mass is 9.91. The third-order valence-electron chi connectivity index (χ3n) is 4.31. The Balaban J connectivity index is 1.91. The van der Waals surface area contributed by atoms with E-state index in [0.29, 0.717) is 12.3 Å². The second-order valence-corrected chi connectivity index (χ2v) is 5.99. The first-order chi connectivity index (χ1) is 9.58. The van der Waals surface area contributed by atoms with E-state index in [2.05, 4.69) is 11.9 Å². The second-order valence-electron chi connectivity index (χ2n) is 5.99. The van der Waals surface area contributed by atoms with Gasteiger partial charge in [-0.25, -0.2) is 0 Å². The number of hydrogen-bond acceptors (Lipinski definition) is 3. The van der Waals surface area contributed by atoms with E-state index in [1.54, 1.807) is 12.4 Å². The lowest BCUT2D eigenvalue weighted by molar-refractivity contribution is -0.133. The van der Waals surface area contributed by atoms with E-state index in [9.17, 15) is 4.79 Å².